The molecular formula is C20H33ClN4O2. The second-order valence-electron chi connectivity index (χ2n) is 8.09. The van der Waals surface area contributed by atoms with Gasteiger partial charge in [0.2, 0.25) is 5.91 Å². The van der Waals surface area contributed by atoms with Crippen molar-refractivity contribution in [2.45, 2.75) is 47.3 Å². The van der Waals surface area contributed by atoms with Crippen LogP contribution in [-0.2, 0) is 16.1 Å². The van der Waals surface area contributed by atoms with Crippen LogP contribution < -0.4 is 5.32 Å². The highest BCUT2D eigenvalue weighted by Gasteiger charge is 2.21. The summed E-state index contributed by atoms with van der Waals surface area (Å²) < 4.78 is 7.56. The first kappa shape index (κ1) is 21.9. The summed E-state index contributed by atoms with van der Waals surface area (Å²) in [5.74, 6) is 0.935. The third-order valence-corrected chi connectivity index (χ3v) is 4.80. The van der Waals surface area contributed by atoms with E-state index in [-0.39, 0.29) is 12.0 Å². The van der Waals surface area contributed by atoms with Crippen molar-refractivity contribution in [1.82, 2.24) is 20.0 Å². The second-order valence-corrected chi connectivity index (χ2v) is 8.45. The van der Waals surface area contributed by atoms with Gasteiger partial charge in [-0.05, 0) is 24.8 Å². The van der Waals surface area contributed by atoms with E-state index in [0.29, 0.717) is 30.1 Å². The average Bonchev–Trinajstić information content (AvgIpc) is 2.84. The fourth-order valence-corrected chi connectivity index (χ4v) is 3.55. The van der Waals surface area contributed by atoms with Crippen molar-refractivity contribution in [3.63, 3.8) is 0 Å². The Morgan fingerprint density at radius 1 is 1.33 bits per heavy atom. The molecule has 7 heteroatoms. The number of ether oxygens (including phenoxy) is 1. The number of amides is 1. The van der Waals surface area contributed by atoms with Gasteiger partial charge in [0.05, 0.1) is 18.4 Å². The van der Waals surface area contributed by atoms with Crippen molar-refractivity contribution in [3.05, 3.63) is 22.5 Å². The minimum atomic E-state index is -0.147. The maximum atomic E-state index is 12.2. The largest absolute Gasteiger partial charge is 0.374 e. The third kappa shape index (κ3) is 6.94. The number of nitrogens with one attached hydrogen (secondary N) is 1. The number of halogens is 1. The molecule has 2 rings (SSSR count). The van der Waals surface area contributed by atoms with Crippen LogP contribution in [0.2, 0.25) is 5.15 Å². The molecule has 1 unspecified atom stereocenters. The number of aromatic nitrogens is 2. The van der Waals surface area contributed by atoms with Crippen molar-refractivity contribution >= 4 is 23.6 Å². The van der Waals surface area contributed by atoms with Crippen LogP contribution in [-0.4, -0.2) is 59.5 Å². The van der Waals surface area contributed by atoms with Gasteiger partial charge in [0.25, 0.3) is 0 Å². The molecule has 0 bridgehead atoms. The molecule has 0 aliphatic carbocycles. The number of hydrogen-bond acceptors (Lipinski definition) is 4. The Morgan fingerprint density at radius 2 is 2.04 bits per heavy atom. The molecule has 6 nitrogen and oxygen atoms in total. The van der Waals surface area contributed by atoms with Gasteiger partial charge in [0.1, 0.15) is 5.15 Å². The molecule has 1 aromatic rings. The Labute approximate surface area is 167 Å². The van der Waals surface area contributed by atoms with Gasteiger partial charge in [-0.25, -0.2) is 0 Å². The molecular weight excluding hydrogens is 364 g/mol. The lowest BCUT2D eigenvalue weighted by Crippen LogP contribution is -2.48. The summed E-state index contributed by atoms with van der Waals surface area (Å²) in [6.07, 6.45) is 3.29. The quantitative estimate of drug-likeness (QED) is 0.686. The van der Waals surface area contributed by atoms with Gasteiger partial charge < -0.3 is 10.1 Å². The molecule has 0 spiro atoms. The Morgan fingerprint density at radius 3 is 2.70 bits per heavy atom. The number of nitrogens with zero attached hydrogens (tertiary/aromatic N) is 3. The first-order valence-electron chi connectivity index (χ1n) is 9.79. The number of hydrogen-bond donors (Lipinski definition) is 1. The van der Waals surface area contributed by atoms with Gasteiger partial charge in [0.15, 0.2) is 0 Å². The lowest BCUT2D eigenvalue weighted by Gasteiger charge is -2.33. The molecule has 1 aliphatic heterocycles. The predicted molar refractivity (Wildman–Crippen MR) is 110 cm³/mol. The monoisotopic (exact) mass is 396 g/mol. The molecule has 2 heterocycles. The molecule has 152 valence electrons. The molecule has 1 N–H and O–H groups in total. The highest BCUT2D eigenvalue weighted by molar-refractivity contribution is 6.31. The maximum absolute atomic E-state index is 12.2. The number of aryl methyl sites for hydroxylation is 1. The zero-order valence-corrected chi connectivity index (χ0v) is 17.9. The average molecular weight is 397 g/mol. The van der Waals surface area contributed by atoms with Crippen molar-refractivity contribution in [3.8, 4) is 0 Å². The van der Waals surface area contributed by atoms with Gasteiger partial charge in [0, 0.05) is 44.4 Å². The first-order valence-corrected chi connectivity index (χ1v) is 10.2. The highest BCUT2D eigenvalue weighted by atomic mass is 35.5. The van der Waals surface area contributed by atoms with Gasteiger partial charge in [-0.1, -0.05) is 39.3 Å². The fourth-order valence-electron chi connectivity index (χ4n) is 3.24. The lowest BCUT2D eigenvalue weighted by molar-refractivity contribution is -0.117. The molecule has 0 radical (unpaired) electrons. The van der Waals surface area contributed by atoms with E-state index in [9.17, 15) is 4.79 Å². The van der Waals surface area contributed by atoms with Crippen LogP contribution >= 0.6 is 11.6 Å². The maximum Gasteiger partial charge on any atom is 0.244 e. The number of rotatable bonds is 8. The van der Waals surface area contributed by atoms with Crippen LogP contribution in [0.4, 0.5) is 0 Å². The second kappa shape index (κ2) is 10.2. The van der Waals surface area contributed by atoms with Crippen molar-refractivity contribution in [1.29, 1.82) is 0 Å². The summed E-state index contributed by atoms with van der Waals surface area (Å²) >= 11 is 6.41. The molecule has 1 aliphatic rings. The smallest absolute Gasteiger partial charge is 0.244 e. The van der Waals surface area contributed by atoms with E-state index >= 15 is 0 Å². The van der Waals surface area contributed by atoms with Crippen molar-refractivity contribution < 1.29 is 9.53 Å². The van der Waals surface area contributed by atoms with E-state index in [1.54, 1.807) is 10.8 Å². The van der Waals surface area contributed by atoms with Crippen LogP contribution in [0.1, 0.15) is 39.0 Å². The van der Waals surface area contributed by atoms with Crippen LogP contribution in [0, 0.1) is 18.8 Å². The van der Waals surface area contributed by atoms with Crippen LogP contribution in [0.15, 0.2) is 6.08 Å². The van der Waals surface area contributed by atoms with E-state index in [0.717, 1.165) is 37.4 Å². The SMILES string of the molecule is Cc1nn(CC(C)C)c(Cl)c1/C=C/C(=O)NCC1CN(CC(C)C)CCO1. The normalized spacial score (nSPS) is 18.7. The summed E-state index contributed by atoms with van der Waals surface area (Å²) in [5.41, 5.74) is 1.62. The van der Waals surface area contributed by atoms with Crippen LogP contribution in [0.25, 0.3) is 6.08 Å². The summed E-state index contributed by atoms with van der Waals surface area (Å²) in [7, 11) is 0. The van der Waals surface area contributed by atoms with Gasteiger partial charge in [-0.15, -0.1) is 0 Å². The van der Waals surface area contributed by atoms with E-state index in [2.05, 4.69) is 43.0 Å². The standard InChI is InChI=1S/C20H33ClN4O2/c1-14(2)11-24-8-9-27-17(13-24)10-22-19(26)7-6-18-16(5)23-25(20(18)21)12-15(3)4/h6-7,14-15,17H,8-13H2,1-5H3,(H,22,26)/b7-6+. The molecule has 27 heavy (non-hydrogen) atoms. The topological polar surface area (TPSA) is 59.4 Å². The Kier molecular flexibility index (Phi) is 8.32. The van der Waals surface area contributed by atoms with E-state index < -0.39 is 0 Å². The van der Waals surface area contributed by atoms with E-state index in [4.69, 9.17) is 16.3 Å². The minimum Gasteiger partial charge on any atom is -0.374 e. The lowest BCUT2D eigenvalue weighted by atomic mass is 10.2. The number of morpholine rings is 1. The molecule has 1 atom stereocenters. The van der Waals surface area contributed by atoms with Crippen molar-refractivity contribution in [2.24, 2.45) is 11.8 Å². The van der Waals surface area contributed by atoms with E-state index in [1.165, 1.54) is 6.08 Å². The zero-order chi connectivity index (χ0) is 20.0. The summed E-state index contributed by atoms with van der Waals surface area (Å²) in [6.45, 7) is 15.4. The number of carbonyl (C=O) groups excluding carboxylic acids is 1. The zero-order valence-electron chi connectivity index (χ0n) is 17.2. The molecule has 1 saturated heterocycles. The Hall–Kier alpha value is -1.37. The summed E-state index contributed by atoms with van der Waals surface area (Å²) in [4.78, 5) is 14.6. The fraction of sp³-hybridized carbons (Fsp3) is 0.700. The van der Waals surface area contributed by atoms with Gasteiger partial charge in [-0.2, -0.15) is 5.10 Å². The minimum absolute atomic E-state index is 0.0361. The van der Waals surface area contributed by atoms with Gasteiger partial charge >= 0.3 is 0 Å². The summed E-state index contributed by atoms with van der Waals surface area (Å²) in [6, 6.07) is 0. The first-order chi connectivity index (χ1) is 12.8. The molecule has 0 aromatic carbocycles. The highest BCUT2D eigenvalue weighted by Crippen LogP contribution is 2.22. The Balaban J connectivity index is 1.86. The van der Waals surface area contributed by atoms with E-state index in [1.807, 2.05) is 6.92 Å². The third-order valence-electron chi connectivity index (χ3n) is 4.40. The van der Waals surface area contributed by atoms with Crippen LogP contribution in [0.3, 0.4) is 0 Å². The molecule has 1 aromatic heterocycles. The molecule has 1 amide bonds. The van der Waals surface area contributed by atoms with Crippen LogP contribution in [0.5, 0.6) is 0 Å². The number of carbonyl (C=O) groups is 1. The Bertz CT molecular complexity index is 655. The predicted octanol–water partition coefficient (Wildman–Crippen LogP) is 2.99. The molecule has 1 fully saturated rings. The van der Waals surface area contributed by atoms with Gasteiger partial charge in [-0.3, -0.25) is 14.4 Å². The van der Waals surface area contributed by atoms with Crippen molar-refractivity contribution in [2.75, 3.05) is 32.8 Å². The summed E-state index contributed by atoms with van der Waals surface area (Å²) in [5, 5.41) is 7.96. The molecule has 0 saturated carbocycles.